The Morgan fingerprint density at radius 3 is 2.67 bits per heavy atom. The Bertz CT molecular complexity index is 1850. The number of phosphoric ester groups is 1. The molecule has 3 aromatic heterocycles. The lowest BCUT2D eigenvalue weighted by atomic mass is 10.1. The van der Waals surface area contributed by atoms with Crippen LogP contribution in [0.15, 0.2) is 47.7 Å². The average molecular weight is 656 g/mol. The quantitative estimate of drug-likeness (QED) is 0.228. The van der Waals surface area contributed by atoms with Crippen molar-refractivity contribution < 1.29 is 47.0 Å². The predicted molar refractivity (Wildman–Crippen MR) is 151 cm³/mol. The number of H-pyrrole nitrogens is 1. The van der Waals surface area contributed by atoms with E-state index < -0.39 is 69.7 Å². The van der Waals surface area contributed by atoms with Crippen LogP contribution < -0.4 is 5.56 Å². The molecule has 4 aromatic rings. The number of imidazole rings is 1. The number of rotatable bonds is 2. The van der Waals surface area contributed by atoms with E-state index in [1.807, 2.05) is 41.1 Å². The van der Waals surface area contributed by atoms with Crippen molar-refractivity contribution in [2.75, 3.05) is 13.2 Å². The zero-order valence-electron chi connectivity index (χ0n) is 22.4. The Balaban J connectivity index is 1.19. The van der Waals surface area contributed by atoms with E-state index in [0.29, 0.717) is 5.82 Å². The van der Waals surface area contributed by atoms with E-state index in [2.05, 4.69) is 15.0 Å². The fourth-order valence-electron chi connectivity index (χ4n) is 5.62. The van der Waals surface area contributed by atoms with Crippen LogP contribution in [-0.4, -0.2) is 82.7 Å². The van der Waals surface area contributed by atoms with E-state index in [-0.39, 0.29) is 24.2 Å². The predicted octanol–water partition coefficient (Wildman–Crippen LogP) is 1.76. The second-order valence-corrected chi connectivity index (χ2v) is 14.6. The summed E-state index contributed by atoms with van der Waals surface area (Å²) >= 11 is 5.29. The van der Waals surface area contributed by atoms with Gasteiger partial charge >= 0.3 is 14.5 Å². The maximum Gasteiger partial charge on any atom is 0.472 e. The van der Waals surface area contributed by atoms with Gasteiger partial charge in [-0.1, -0.05) is 18.2 Å². The van der Waals surface area contributed by atoms with Gasteiger partial charge in [-0.25, -0.2) is 14.5 Å². The van der Waals surface area contributed by atoms with Gasteiger partial charge in [-0.15, -0.1) is 0 Å². The molecule has 1 aromatic carbocycles. The van der Waals surface area contributed by atoms with Crippen molar-refractivity contribution in [1.29, 1.82) is 0 Å². The van der Waals surface area contributed by atoms with Crippen LogP contribution in [0.3, 0.4) is 0 Å². The summed E-state index contributed by atoms with van der Waals surface area (Å²) in [4.78, 5) is 45.1. The zero-order chi connectivity index (χ0) is 30.1. The minimum Gasteiger partial charge on any atom is -0.387 e. The van der Waals surface area contributed by atoms with Gasteiger partial charge in [0.25, 0.3) is 5.56 Å². The highest BCUT2D eigenvalue weighted by atomic mass is 32.5. The van der Waals surface area contributed by atoms with Crippen molar-refractivity contribution >= 4 is 48.4 Å². The number of phosphoric acid groups is 1. The molecule has 3 saturated heterocycles. The Hall–Kier alpha value is -2.37. The van der Waals surface area contributed by atoms with Crippen LogP contribution in [0.5, 0.6) is 0 Å². The van der Waals surface area contributed by atoms with Gasteiger partial charge in [0.05, 0.1) is 25.1 Å². The molecular formula is C24H27N5O11P2S. The van der Waals surface area contributed by atoms with Gasteiger partial charge in [0.15, 0.2) is 17.4 Å². The summed E-state index contributed by atoms with van der Waals surface area (Å²) < 4.78 is 50.6. The number of ether oxygens (including phenoxy) is 2. The highest BCUT2D eigenvalue weighted by Crippen LogP contribution is 2.53. The summed E-state index contributed by atoms with van der Waals surface area (Å²) in [5.41, 5.74) is 0.502. The maximum atomic E-state index is 13.1. The molecule has 43 heavy (non-hydrogen) atoms. The smallest absolute Gasteiger partial charge is 0.387 e. The lowest BCUT2D eigenvalue weighted by Gasteiger charge is -2.27. The number of aliphatic hydroxyl groups excluding tert-OH is 1. The second kappa shape index (κ2) is 10.9. The molecule has 9 atom stereocenters. The number of aromatic amines is 1. The molecule has 3 fully saturated rings. The number of para-hydroxylation sites is 1. The highest BCUT2D eigenvalue weighted by Gasteiger charge is 2.51. The van der Waals surface area contributed by atoms with Crippen LogP contribution in [0.4, 0.5) is 0 Å². The first-order chi connectivity index (χ1) is 20.5. The molecule has 16 nitrogen and oxygen atoms in total. The fraction of sp³-hybridized carbons (Fsp3) is 0.458. The van der Waals surface area contributed by atoms with E-state index in [1.165, 1.54) is 10.9 Å². The van der Waals surface area contributed by atoms with Gasteiger partial charge in [0, 0.05) is 12.6 Å². The zero-order valence-corrected chi connectivity index (χ0v) is 25.0. The number of nitrogens with zero attached hydrogens (tertiary/aromatic N) is 4. The van der Waals surface area contributed by atoms with Crippen molar-refractivity contribution in [3.63, 3.8) is 0 Å². The van der Waals surface area contributed by atoms with Gasteiger partial charge < -0.3 is 38.4 Å². The van der Waals surface area contributed by atoms with Crippen LogP contribution >= 0.6 is 14.5 Å². The summed E-state index contributed by atoms with van der Waals surface area (Å²) in [6.07, 6.45) is -4.65. The number of nitrogens with one attached hydrogen (secondary N) is 1. The number of aliphatic hydroxyl groups is 1. The molecule has 0 amide bonds. The van der Waals surface area contributed by atoms with Crippen LogP contribution in [0.2, 0.25) is 0 Å². The average Bonchev–Trinajstić information content (AvgIpc) is 3.71. The first kappa shape index (κ1) is 29.3. The summed E-state index contributed by atoms with van der Waals surface area (Å²) in [7, 11) is -4.73. The van der Waals surface area contributed by atoms with E-state index >= 15 is 0 Å². The lowest BCUT2D eigenvalue weighted by molar-refractivity contribution is -0.0634. The van der Waals surface area contributed by atoms with Crippen LogP contribution in [0, 0.1) is 6.92 Å². The number of fused-ring (bicyclic) bond motifs is 5. The molecule has 3 aliphatic rings. The first-order valence-electron chi connectivity index (χ1n) is 13.3. The largest absolute Gasteiger partial charge is 0.472 e. The number of benzene rings is 1. The molecule has 6 heterocycles. The van der Waals surface area contributed by atoms with Gasteiger partial charge in [0.1, 0.15) is 42.6 Å². The summed E-state index contributed by atoms with van der Waals surface area (Å²) in [6, 6.07) is 9.57. The summed E-state index contributed by atoms with van der Waals surface area (Å²) in [5, 5.41) is 12.1. The normalized spacial score (nSPS) is 37.2. The molecule has 2 bridgehead atoms. The third kappa shape index (κ3) is 5.54. The molecule has 230 valence electrons. The molecule has 19 heteroatoms. The molecular weight excluding hydrogens is 628 g/mol. The Morgan fingerprint density at radius 2 is 1.84 bits per heavy atom. The standard InChI is InChI=1S/C24H27N5O11P2S/c1-12-26-22-19(23(31)27-12)25-11-29(22)24-21-20(30)17(38-24)10-35-41(32,33)39-15-8-18(37-16(15)9-36-42(34,43)40-21)28-7-6-13-4-2-3-5-14(13)28/h2-7,11,15-18,20-21,24,30H,8-10H2,1H3,(H,32,33)(H,34,43)(H,26,27,31)/t15-,16-,17-,18-,20?,21+,24-,42?/m1/s1. The molecule has 0 spiro atoms. The van der Waals surface area contributed by atoms with Crippen LogP contribution in [0.1, 0.15) is 24.7 Å². The fourth-order valence-corrected chi connectivity index (χ4v) is 8.00. The Labute approximate surface area is 248 Å². The molecule has 3 unspecified atom stereocenters. The second-order valence-electron chi connectivity index (χ2n) is 10.4. The highest BCUT2D eigenvalue weighted by molar-refractivity contribution is 8.07. The van der Waals surface area contributed by atoms with Crippen molar-refractivity contribution in [2.45, 2.75) is 56.3 Å². The van der Waals surface area contributed by atoms with Gasteiger partial charge in [0.2, 0.25) is 0 Å². The molecule has 4 N–H and O–H groups in total. The summed E-state index contributed by atoms with van der Waals surface area (Å²) in [5.74, 6) is 0.295. The molecule has 7 rings (SSSR count). The maximum absolute atomic E-state index is 13.1. The molecule has 3 aliphatic heterocycles. The van der Waals surface area contributed by atoms with Gasteiger partial charge in [-0.05, 0) is 36.2 Å². The van der Waals surface area contributed by atoms with Crippen LogP contribution in [-0.2, 0) is 43.9 Å². The first-order valence-corrected chi connectivity index (χ1v) is 17.4. The third-order valence-corrected chi connectivity index (χ3v) is 10.2. The molecule has 0 radical (unpaired) electrons. The Kier molecular flexibility index (Phi) is 7.44. The van der Waals surface area contributed by atoms with E-state index in [9.17, 15) is 24.3 Å². The lowest BCUT2D eigenvalue weighted by Crippen LogP contribution is -2.35. The number of aromatic nitrogens is 5. The van der Waals surface area contributed by atoms with E-state index in [0.717, 1.165) is 10.9 Å². The minimum absolute atomic E-state index is 0.000988. The number of hydrogen-bond donors (Lipinski definition) is 4. The van der Waals surface area contributed by atoms with Crippen molar-refractivity contribution in [3.05, 3.63) is 59.0 Å². The van der Waals surface area contributed by atoms with Gasteiger partial charge in [-0.3, -0.25) is 22.9 Å². The van der Waals surface area contributed by atoms with Crippen molar-refractivity contribution in [2.24, 2.45) is 0 Å². The van der Waals surface area contributed by atoms with Gasteiger partial charge in [-0.2, -0.15) is 0 Å². The molecule has 0 saturated carbocycles. The SMILES string of the molecule is Cc1nc2c(ncn2[C@@H]2O[C@@H]3COP(=O)(O)O[C@@H]4C[C@H](n5ccc6ccccc65)O[C@@H]4COP(O)(=S)O[C@H]2C3O)c(=O)[nH]1. The van der Waals surface area contributed by atoms with E-state index in [1.54, 1.807) is 6.92 Å². The third-order valence-electron chi connectivity index (χ3n) is 7.59. The minimum atomic E-state index is -4.73. The van der Waals surface area contributed by atoms with Crippen LogP contribution in [0.25, 0.3) is 22.1 Å². The topological polar surface area (TPSA) is 202 Å². The number of hydrogen-bond acceptors (Lipinski definition) is 12. The number of aryl methyl sites for hydroxylation is 1. The monoisotopic (exact) mass is 655 g/mol. The summed E-state index contributed by atoms with van der Waals surface area (Å²) in [6.45, 7) is -3.48. The van der Waals surface area contributed by atoms with Crippen molar-refractivity contribution in [1.82, 2.24) is 24.1 Å². The molecule has 0 aliphatic carbocycles. The Morgan fingerprint density at radius 1 is 1.05 bits per heavy atom. The van der Waals surface area contributed by atoms with Crippen molar-refractivity contribution in [3.8, 4) is 0 Å². The van der Waals surface area contributed by atoms with E-state index in [4.69, 9.17) is 39.4 Å².